The molecule has 1 saturated carbocycles. The average molecular weight is 290 g/mol. The van der Waals surface area contributed by atoms with Crippen molar-refractivity contribution in [2.75, 3.05) is 0 Å². The van der Waals surface area contributed by atoms with Gasteiger partial charge in [-0.1, -0.05) is 23.7 Å². The number of imidazole rings is 1. The third-order valence-electron chi connectivity index (χ3n) is 3.89. The summed E-state index contributed by atoms with van der Waals surface area (Å²) in [5.41, 5.74) is 0.609. The smallest absolute Gasteiger partial charge is 0.231 e. The monoisotopic (exact) mass is 289 g/mol. The van der Waals surface area contributed by atoms with Crippen LogP contribution in [0.15, 0.2) is 36.7 Å². The molecule has 1 fully saturated rings. The summed E-state index contributed by atoms with van der Waals surface area (Å²) in [6.07, 6.45) is 5.34. The van der Waals surface area contributed by atoms with Crippen LogP contribution in [0.2, 0.25) is 5.02 Å². The largest absolute Gasteiger partial charge is 0.348 e. The van der Waals surface area contributed by atoms with Gasteiger partial charge in [0.15, 0.2) is 0 Å². The van der Waals surface area contributed by atoms with E-state index in [1.165, 1.54) is 0 Å². The highest BCUT2D eigenvalue weighted by Crippen LogP contribution is 2.48. The number of hydrogen-bond acceptors (Lipinski definition) is 2. The van der Waals surface area contributed by atoms with Crippen molar-refractivity contribution >= 4 is 17.5 Å². The molecule has 1 aliphatic rings. The Kier molecular flexibility index (Phi) is 3.26. The maximum Gasteiger partial charge on any atom is 0.231 e. The number of nitrogens with one attached hydrogen (secondary N) is 1. The summed E-state index contributed by atoms with van der Waals surface area (Å²) in [7, 11) is 1.92. The van der Waals surface area contributed by atoms with E-state index in [-0.39, 0.29) is 5.91 Å². The van der Waals surface area contributed by atoms with Gasteiger partial charge in [0.1, 0.15) is 5.82 Å². The van der Waals surface area contributed by atoms with Crippen molar-refractivity contribution < 1.29 is 4.79 Å². The number of rotatable bonds is 4. The van der Waals surface area contributed by atoms with Crippen LogP contribution in [0.25, 0.3) is 0 Å². The van der Waals surface area contributed by atoms with Crippen LogP contribution >= 0.6 is 11.6 Å². The number of aromatic nitrogens is 2. The lowest BCUT2D eigenvalue weighted by atomic mass is 9.95. The van der Waals surface area contributed by atoms with E-state index in [1.807, 2.05) is 42.1 Å². The summed E-state index contributed by atoms with van der Waals surface area (Å²) in [5, 5.41) is 3.65. The van der Waals surface area contributed by atoms with Crippen molar-refractivity contribution in [3.05, 3.63) is 53.1 Å². The van der Waals surface area contributed by atoms with Crippen molar-refractivity contribution in [1.29, 1.82) is 0 Å². The van der Waals surface area contributed by atoms with E-state index in [9.17, 15) is 4.79 Å². The summed E-state index contributed by atoms with van der Waals surface area (Å²) in [5.74, 6) is 0.906. The van der Waals surface area contributed by atoms with Crippen LogP contribution < -0.4 is 5.32 Å². The Bertz CT molecular complexity index is 646. The first kappa shape index (κ1) is 13.2. The zero-order valence-corrected chi connectivity index (χ0v) is 12.0. The number of carbonyl (C=O) groups excluding carboxylic acids is 1. The second-order valence-corrected chi connectivity index (χ2v) is 5.67. The maximum absolute atomic E-state index is 12.5. The van der Waals surface area contributed by atoms with Gasteiger partial charge in [0.25, 0.3) is 0 Å². The molecule has 0 aliphatic heterocycles. The Morgan fingerprint density at radius 2 is 2.30 bits per heavy atom. The molecular weight excluding hydrogens is 274 g/mol. The molecule has 1 aromatic carbocycles. The lowest BCUT2D eigenvalue weighted by molar-refractivity contribution is -0.123. The lowest BCUT2D eigenvalue weighted by Gasteiger charge is -2.16. The van der Waals surface area contributed by atoms with Crippen molar-refractivity contribution in [3.63, 3.8) is 0 Å². The van der Waals surface area contributed by atoms with E-state index in [2.05, 4.69) is 10.3 Å². The fourth-order valence-electron chi connectivity index (χ4n) is 2.45. The average Bonchev–Trinajstić information content (AvgIpc) is 3.15. The van der Waals surface area contributed by atoms with Crippen molar-refractivity contribution in [2.45, 2.75) is 24.8 Å². The number of hydrogen-bond donors (Lipinski definition) is 1. The van der Waals surface area contributed by atoms with E-state index in [1.54, 1.807) is 6.20 Å². The van der Waals surface area contributed by atoms with Gasteiger partial charge in [-0.15, -0.1) is 0 Å². The van der Waals surface area contributed by atoms with E-state index < -0.39 is 5.41 Å². The molecule has 0 unspecified atom stereocenters. The van der Waals surface area contributed by atoms with Crippen LogP contribution in [-0.4, -0.2) is 15.5 Å². The second-order valence-electron chi connectivity index (χ2n) is 5.23. The second kappa shape index (κ2) is 4.94. The molecule has 5 heteroatoms. The Hall–Kier alpha value is -1.81. The SMILES string of the molecule is Cn1ccnc1CNC(=O)C1(c2cccc(Cl)c2)CC1. The summed E-state index contributed by atoms with van der Waals surface area (Å²) in [6.45, 7) is 0.449. The first-order chi connectivity index (χ1) is 9.62. The zero-order valence-electron chi connectivity index (χ0n) is 11.3. The Morgan fingerprint density at radius 3 is 2.90 bits per heavy atom. The molecule has 0 atom stereocenters. The minimum atomic E-state index is -0.393. The van der Waals surface area contributed by atoms with Crippen LogP contribution in [-0.2, 0) is 23.8 Å². The van der Waals surface area contributed by atoms with Gasteiger partial charge in [0.05, 0.1) is 12.0 Å². The fourth-order valence-corrected chi connectivity index (χ4v) is 2.64. The first-order valence-corrected chi connectivity index (χ1v) is 7.00. The number of halogens is 1. The Balaban J connectivity index is 1.72. The molecule has 1 N–H and O–H groups in total. The minimum Gasteiger partial charge on any atom is -0.348 e. The molecule has 20 heavy (non-hydrogen) atoms. The number of nitrogens with zero attached hydrogens (tertiary/aromatic N) is 2. The van der Waals surface area contributed by atoms with Gasteiger partial charge < -0.3 is 9.88 Å². The van der Waals surface area contributed by atoms with Crippen LogP contribution in [0.4, 0.5) is 0 Å². The van der Waals surface area contributed by atoms with Crippen molar-refractivity contribution in [3.8, 4) is 0 Å². The number of carbonyl (C=O) groups is 1. The van der Waals surface area contributed by atoms with Crippen LogP contribution in [0.5, 0.6) is 0 Å². The van der Waals surface area contributed by atoms with Gasteiger partial charge >= 0.3 is 0 Å². The highest BCUT2D eigenvalue weighted by molar-refractivity contribution is 6.30. The molecule has 1 aromatic heterocycles. The third kappa shape index (κ3) is 2.31. The first-order valence-electron chi connectivity index (χ1n) is 6.62. The van der Waals surface area contributed by atoms with E-state index >= 15 is 0 Å². The molecule has 1 heterocycles. The van der Waals surface area contributed by atoms with E-state index in [4.69, 9.17) is 11.6 Å². The van der Waals surface area contributed by atoms with E-state index in [0.29, 0.717) is 11.6 Å². The van der Waals surface area contributed by atoms with E-state index in [0.717, 1.165) is 24.2 Å². The topological polar surface area (TPSA) is 46.9 Å². The molecule has 2 aromatic rings. The number of aryl methyl sites for hydroxylation is 1. The summed E-state index contributed by atoms with van der Waals surface area (Å²) in [6, 6.07) is 7.57. The summed E-state index contributed by atoms with van der Waals surface area (Å²) < 4.78 is 1.90. The molecule has 0 saturated heterocycles. The summed E-state index contributed by atoms with van der Waals surface area (Å²) in [4.78, 5) is 16.7. The third-order valence-corrected chi connectivity index (χ3v) is 4.12. The predicted octanol–water partition coefficient (Wildman–Crippen LogP) is 2.42. The molecule has 4 nitrogen and oxygen atoms in total. The summed E-state index contributed by atoms with van der Waals surface area (Å²) >= 11 is 6.02. The molecule has 3 rings (SSSR count). The predicted molar refractivity (Wildman–Crippen MR) is 77.4 cm³/mol. The van der Waals surface area contributed by atoms with Gasteiger partial charge in [0, 0.05) is 24.5 Å². The quantitative estimate of drug-likeness (QED) is 0.940. The molecule has 104 valence electrons. The molecule has 1 aliphatic carbocycles. The maximum atomic E-state index is 12.5. The van der Waals surface area contributed by atoms with Gasteiger partial charge in [0.2, 0.25) is 5.91 Å². The van der Waals surface area contributed by atoms with Gasteiger partial charge in [-0.3, -0.25) is 4.79 Å². The minimum absolute atomic E-state index is 0.0581. The van der Waals surface area contributed by atoms with Crippen LogP contribution in [0, 0.1) is 0 Å². The Morgan fingerprint density at radius 1 is 1.50 bits per heavy atom. The molecule has 0 spiro atoms. The molecule has 0 bridgehead atoms. The normalized spacial score (nSPS) is 15.9. The van der Waals surface area contributed by atoms with Gasteiger partial charge in [-0.25, -0.2) is 4.98 Å². The van der Waals surface area contributed by atoms with Crippen molar-refractivity contribution in [2.24, 2.45) is 7.05 Å². The molecular formula is C15H16ClN3O. The Labute approximate surface area is 122 Å². The van der Waals surface area contributed by atoms with Gasteiger partial charge in [-0.2, -0.15) is 0 Å². The number of benzene rings is 1. The van der Waals surface area contributed by atoms with Crippen LogP contribution in [0.1, 0.15) is 24.2 Å². The highest BCUT2D eigenvalue weighted by Gasteiger charge is 2.51. The van der Waals surface area contributed by atoms with Crippen molar-refractivity contribution in [1.82, 2.24) is 14.9 Å². The molecule has 1 amide bonds. The highest BCUT2D eigenvalue weighted by atomic mass is 35.5. The van der Waals surface area contributed by atoms with Crippen LogP contribution in [0.3, 0.4) is 0 Å². The molecule has 0 radical (unpaired) electrons. The lowest BCUT2D eigenvalue weighted by Crippen LogP contribution is -2.34. The number of amides is 1. The zero-order chi connectivity index (χ0) is 14.2. The van der Waals surface area contributed by atoms with Gasteiger partial charge in [-0.05, 0) is 30.5 Å². The standard InChI is InChI=1S/C15H16ClN3O/c1-19-8-7-17-13(19)10-18-14(20)15(5-6-15)11-3-2-4-12(16)9-11/h2-4,7-9H,5-6,10H2,1H3,(H,18,20). The fraction of sp³-hybridized carbons (Fsp3) is 0.333.